The molecule has 0 radical (unpaired) electrons. The Kier molecular flexibility index (Phi) is 3.31. The smallest absolute Gasteiger partial charge is 0.291 e. The van der Waals surface area contributed by atoms with E-state index in [1.54, 1.807) is 13.0 Å². The molecule has 0 aliphatic heterocycles. The normalized spacial score (nSPS) is 10.6. The van der Waals surface area contributed by atoms with Crippen LogP contribution in [0.4, 0.5) is 5.69 Å². The summed E-state index contributed by atoms with van der Waals surface area (Å²) in [5.74, 6) is 0.501. The molecule has 2 aromatic heterocycles. The molecule has 1 amide bonds. The van der Waals surface area contributed by atoms with Gasteiger partial charge in [-0.25, -0.2) is 0 Å². The first kappa shape index (κ1) is 13.2. The van der Waals surface area contributed by atoms with E-state index >= 15 is 0 Å². The fraction of sp³-hybridized carbons (Fsp3) is 0.125. The number of carbonyl (C=O) groups excluding carboxylic acids is 1. The summed E-state index contributed by atoms with van der Waals surface area (Å²) in [4.78, 5) is 12.3. The van der Waals surface area contributed by atoms with Crippen LogP contribution in [0.3, 0.4) is 0 Å². The predicted octanol–water partition coefficient (Wildman–Crippen LogP) is 3.80. The van der Waals surface area contributed by atoms with Gasteiger partial charge in [-0.3, -0.25) is 4.79 Å². The first-order valence-electron chi connectivity index (χ1n) is 6.54. The zero-order chi connectivity index (χ0) is 14.8. The Morgan fingerprint density at radius 1 is 1.14 bits per heavy atom. The van der Waals surface area contributed by atoms with Gasteiger partial charge >= 0.3 is 0 Å². The van der Waals surface area contributed by atoms with E-state index in [0.29, 0.717) is 17.1 Å². The van der Waals surface area contributed by atoms with Gasteiger partial charge in [-0.15, -0.1) is 0 Å². The zero-order valence-electron chi connectivity index (χ0n) is 11.7. The molecule has 3 rings (SSSR count). The molecule has 2 heterocycles. The van der Waals surface area contributed by atoms with Crippen LogP contribution in [0.2, 0.25) is 0 Å². The number of furan rings is 1. The number of carbonyl (C=O) groups is 1. The first-order valence-corrected chi connectivity index (χ1v) is 6.54. The van der Waals surface area contributed by atoms with E-state index in [9.17, 15) is 4.79 Å². The van der Waals surface area contributed by atoms with Gasteiger partial charge < -0.3 is 14.3 Å². The predicted molar refractivity (Wildman–Crippen MR) is 78.1 cm³/mol. The minimum absolute atomic E-state index is 0.287. The van der Waals surface area contributed by atoms with Crippen LogP contribution >= 0.6 is 0 Å². The fourth-order valence-electron chi connectivity index (χ4n) is 2.08. The highest BCUT2D eigenvalue weighted by atomic mass is 16.5. The molecule has 21 heavy (non-hydrogen) atoms. The van der Waals surface area contributed by atoms with E-state index in [1.807, 2.05) is 37.3 Å². The van der Waals surface area contributed by atoms with Crippen LogP contribution in [0.1, 0.15) is 21.8 Å². The van der Waals surface area contributed by atoms with E-state index in [1.165, 1.54) is 6.26 Å². The summed E-state index contributed by atoms with van der Waals surface area (Å²) in [7, 11) is 0. The third-order valence-corrected chi connectivity index (χ3v) is 3.21. The lowest BCUT2D eigenvalue weighted by atomic mass is 10.1. The quantitative estimate of drug-likeness (QED) is 0.793. The molecule has 0 atom stereocenters. The van der Waals surface area contributed by atoms with Crippen molar-refractivity contribution in [3.05, 3.63) is 59.7 Å². The Bertz CT molecular complexity index is 772. The number of aryl methyl sites for hydroxylation is 2. The van der Waals surface area contributed by atoms with Gasteiger partial charge in [0.2, 0.25) is 0 Å². The minimum Gasteiger partial charge on any atom is -0.459 e. The van der Waals surface area contributed by atoms with Gasteiger partial charge in [-0.1, -0.05) is 35.5 Å². The Morgan fingerprint density at radius 2 is 1.90 bits per heavy atom. The van der Waals surface area contributed by atoms with Crippen molar-refractivity contribution >= 4 is 11.6 Å². The second-order valence-corrected chi connectivity index (χ2v) is 4.72. The highest BCUT2D eigenvalue weighted by Crippen LogP contribution is 2.31. The Morgan fingerprint density at radius 3 is 2.57 bits per heavy atom. The van der Waals surface area contributed by atoms with Crippen LogP contribution in [0, 0.1) is 13.8 Å². The van der Waals surface area contributed by atoms with Crippen molar-refractivity contribution in [3.63, 3.8) is 0 Å². The van der Waals surface area contributed by atoms with Crippen molar-refractivity contribution in [2.45, 2.75) is 13.8 Å². The number of benzene rings is 1. The fourth-order valence-corrected chi connectivity index (χ4v) is 2.08. The van der Waals surface area contributed by atoms with Crippen LogP contribution in [0.15, 0.2) is 51.6 Å². The highest BCUT2D eigenvalue weighted by Gasteiger charge is 2.20. The molecule has 3 aromatic rings. The number of hydrogen-bond donors (Lipinski definition) is 1. The van der Waals surface area contributed by atoms with E-state index in [0.717, 1.165) is 11.1 Å². The maximum Gasteiger partial charge on any atom is 0.291 e. The molecule has 0 fully saturated rings. The molecule has 1 N–H and O–H groups in total. The van der Waals surface area contributed by atoms with Crippen LogP contribution in [-0.2, 0) is 0 Å². The van der Waals surface area contributed by atoms with E-state index in [2.05, 4.69) is 10.5 Å². The van der Waals surface area contributed by atoms with Gasteiger partial charge in [-0.2, -0.15) is 0 Å². The minimum atomic E-state index is -0.319. The molecule has 0 bridgehead atoms. The van der Waals surface area contributed by atoms with Crippen molar-refractivity contribution in [2.75, 3.05) is 5.32 Å². The van der Waals surface area contributed by atoms with E-state index in [4.69, 9.17) is 8.94 Å². The van der Waals surface area contributed by atoms with Gasteiger partial charge in [0.25, 0.3) is 5.91 Å². The number of nitrogens with one attached hydrogen (secondary N) is 1. The standard InChI is InChI=1S/C16H14N2O3/c1-10-8-9-20-14(10)16(19)17-13-11(2)18-21-15(13)12-6-4-3-5-7-12/h3-9H,1-2H3,(H,17,19). The van der Waals surface area contributed by atoms with Crippen molar-refractivity contribution in [2.24, 2.45) is 0 Å². The molecule has 0 spiro atoms. The third-order valence-electron chi connectivity index (χ3n) is 3.21. The number of amides is 1. The summed E-state index contributed by atoms with van der Waals surface area (Å²) in [5.41, 5.74) is 2.81. The van der Waals surface area contributed by atoms with Gasteiger partial charge in [0.05, 0.1) is 6.26 Å². The molecule has 0 saturated heterocycles. The van der Waals surface area contributed by atoms with Gasteiger partial charge in [0.15, 0.2) is 11.5 Å². The van der Waals surface area contributed by atoms with Crippen LogP contribution in [0.25, 0.3) is 11.3 Å². The lowest BCUT2D eigenvalue weighted by Gasteiger charge is -2.04. The molecule has 5 heteroatoms. The maximum atomic E-state index is 12.3. The molecular weight excluding hydrogens is 268 g/mol. The first-order chi connectivity index (χ1) is 10.2. The Balaban J connectivity index is 1.95. The average Bonchev–Trinajstić information content (AvgIpc) is 3.07. The van der Waals surface area contributed by atoms with Crippen LogP contribution < -0.4 is 5.32 Å². The van der Waals surface area contributed by atoms with Crippen molar-refractivity contribution in [3.8, 4) is 11.3 Å². The summed E-state index contributed by atoms with van der Waals surface area (Å²) in [5, 5.41) is 6.74. The maximum absolute atomic E-state index is 12.3. The molecule has 0 aliphatic carbocycles. The second kappa shape index (κ2) is 5.28. The summed E-state index contributed by atoms with van der Waals surface area (Å²) in [6, 6.07) is 11.2. The average molecular weight is 282 g/mol. The number of rotatable bonds is 3. The van der Waals surface area contributed by atoms with Crippen LogP contribution in [-0.4, -0.2) is 11.1 Å². The number of aromatic nitrogens is 1. The van der Waals surface area contributed by atoms with Gasteiger partial charge in [0.1, 0.15) is 11.4 Å². The highest BCUT2D eigenvalue weighted by molar-refractivity contribution is 6.05. The van der Waals surface area contributed by atoms with Crippen LogP contribution in [0.5, 0.6) is 0 Å². The van der Waals surface area contributed by atoms with Crippen molar-refractivity contribution < 1.29 is 13.7 Å². The lowest BCUT2D eigenvalue weighted by Crippen LogP contribution is -2.13. The summed E-state index contributed by atoms with van der Waals surface area (Å²) >= 11 is 0. The lowest BCUT2D eigenvalue weighted by molar-refractivity contribution is 0.0995. The topological polar surface area (TPSA) is 68.3 Å². The number of anilines is 1. The van der Waals surface area contributed by atoms with Crippen molar-refractivity contribution in [1.29, 1.82) is 0 Å². The number of nitrogens with zero attached hydrogens (tertiary/aromatic N) is 1. The summed E-state index contributed by atoms with van der Waals surface area (Å²) in [6.07, 6.45) is 1.49. The largest absolute Gasteiger partial charge is 0.459 e. The zero-order valence-corrected chi connectivity index (χ0v) is 11.7. The molecule has 0 saturated carbocycles. The van der Waals surface area contributed by atoms with E-state index in [-0.39, 0.29) is 11.7 Å². The van der Waals surface area contributed by atoms with Gasteiger partial charge in [-0.05, 0) is 19.9 Å². The van der Waals surface area contributed by atoms with Crippen molar-refractivity contribution in [1.82, 2.24) is 5.16 Å². The second-order valence-electron chi connectivity index (χ2n) is 4.72. The Hall–Kier alpha value is -2.82. The van der Waals surface area contributed by atoms with E-state index < -0.39 is 0 Å². The molecular formula is C16H14N2O3. The SMILES string of the molecule is Cc1ccoc1C(=O)Nc1c(C)noc1-c1ccccc1. The Labute approximate surface area is 121 Å². The molecule has 5 nitrogen and oxygen atoms in total. The third kappa shape index (κ3) is 2.45. The summed E-state index contributed by atoms with van der Waals surface area (Å²) < 4.78 is 10.5. The van der Waals surface area contributed by atoms with Gasteiger partial charge in [0, 0.05) is 11.1 Å². The molecule has 106 valence electrons. The number of hydrogen-bond acceptors (Lipinski definition) is 4. The molecule has 0 unspecified atom stereocenters. The molecule has 1 aromatic carbocycles. The monoisotopic (exact) mass is 282 g/mol. The summed E-state index contributed by atoms with van der Waals surface area (Å²) in [6.45, 7) is 3.59. The molecule has 0 aliphatic rings.